The molecule has 0 aliphatic heterocycles. The van der Waals surface area contributed by atoms with Crippen LogP contribution in [0.1, 0.15) is 51.0 Å². The zero-order valence-electron chi connectivity index (χ0n) is 11.1. The van der Waals surface area contributed by atoms with Crippen LogP contribution in [-0.2, 0) is 5.60 Å². The SMILES string of the molecule is CC1CCC(O)(c2cccc(OC3CC3)c2)CC1. The summed E-state index contributed by atoms with van der Waals surface area (Å²) in [6, 6.07) is 8.07. The minimum Gasteiger partial charge on any atom is -0.490 e. The van der Waals surface area contributed by atoms with E-state index in [1.807, 2.05) is 24.3 Å². The largest absolute Gasteiger partial charge is 0.490 e. The monoisotopic (exact) mass is 246 g/mol. The van der Waals surface area contributed by atoms with E-state index >= 15 is 0 Å². The van der Waals surface area contributed by atoms with Crippen LogP contribution in [0.4, 0.5) is 0 Å². The molecular weight excluding hydrogens is 224 g/mol. The lowest BCUT2D eigenvalue weighted by Gasteiger charge is -2.35. The van der Waals surface area contributed by atoms with Gasteiger partial charge in [0.15, 0.2) is 0 Å². The van der Waals surface area contributed by atoms with Gasteiger partial charge in [-0.15, -0.1) is 0 Å². The van der Waals surface area contributed by atoms with Gasteiger partial charge in [0.05, 0.1) is 11.7 Å². The number of hydrogen-bond acceptors (Lipinski definition) is 2. The van der Waals surface area contributed by atoms with Crippen molar-refractivity contribution in [3.05, 3.63) is 29.8 Å². The second kappa shape index (κ2) is 4.58. The highest BCUT2D eigenvalue weighted by Crippen LogP contribution is 2.40. The lowest BCUT2D eigenvalue weighted by molar-refractivity contribution is -0.0122. The van der Waals surface area contributed by atoms with Gasteiger partial charge in [-0.2, -0.15) is 0 Å². The first-order valence-electron chi connectivity index (χ1n) is 7.15. The molecule has 0 amide bonds. The smallest absolute Gasteiger partial charge is 0.120 e. The summed E-state index contributed by atoms with van der Waals surface area (Å²) < 4.78 is 5.81. The van der Waals surface area contributed by atoms with Gasteiger partial charge < -0.3 is 9.84 Å². The fourth-order valence-corrected chi connectivity index (χ4v) is 2.77. The molecule has 2 aliphatic rings. The van der Waals surface area contributed by atoms with Crippen LogP contribution in [-0.4, -0.2) is 11.2 Å². The molecule has 0 atom stereocenters. The molecule has 0 saturated heterocycles. The Morgan fingerprint density at radius 1 is 1.17 bits per heavy atom. The molecule has 2 aliphatic carbocycles. The fourth-order valence-electron chi connectivity index (χ4n) is 2.77. The molecule has 1 N–H and O–H groups in total. The highest BCUT2D eigenvalue weighted by molar-refractivity contribution is 5.33. The number of aliphatic hydroxyl groups is 1. The minimum atomic E-state index is -0.630. The quantitative estimate of drug-likeness (QED) is 0.882. The third kappa shape index (κ3) is 2.54. The molecule has 0 radical (unpaired) electrons. The molecule has 2 heteroatoms. The third-order valence-electron chi connectivity index (χ3n) is 4.30. The molecule has 1 aromatic carbocycles. The zero-order valence-corrected chi connectivity index (χ0v) is 11.1. The Bertz CT molecular complexity index is 415. The first-order valence-corrected chi connectivity index (χ1v) is 7.15. The van der Waals surface area contributed by atoms with Gasteiger partial charge >= 0.3 is 0 Å². The van der Waals surface area contributed by atoms with Gasteiger partial charge in [0.2, 0.25) is 0 Å². The van der Waals surface area contributed by atoms with Crippen LogP contribution in [0, 0.1) is 5.92 Å². The highest BCUT2D eigenvalue weighted by Gasteiger charge is 2.34. The van der Waals surface area contributed by atoms with Crippen molar-refractivity contribution in [3.8, 4) is 5.75 Å². The average Bonchev–Trinajstić information content (AvgIpc) is 3.18. The Hall–Kier alpha value is -1.02. The van der Waals surface area contributed by atoms with Gasteiger partial charge in [-0.3, -0.25) is 0 Å². The van der Waals surface area contributed by atoms with Crippen LogP contribution in [0.15, 0.2) is 24.3 Å². The van der Waals surface area contributed by atoms with E-state index in [4.69, 9.17) is 4.74 Å². The van der Waals surface area contributed by atoms with Crippen LogP contribution in [0.2, 0.25) is 0 Å². The molecule has 0 spiro atoms. The molecule has 3 rings (SSSR count). The van der Waals surface area contributed by atoms with E-state index in [9.17, 15) is 5.11 Å². The summed E-state index contributed by atoms with van der Waals surface area (Å²) in [6.07, 6.45) is 6.75. The van der Waals surface area contributed by atoms with Crippen molar-refractivity contribution in [2.45, 2.75) is 57.2 Å². The molecular formula is C16H22O2. The highest BCUT2D eigenvalue weighted by atomic mass is 16.5. The van der Waals surface area contributed by atoms with Crippen LogP contribution >= 0.6 is 0 Å². The first-order chi connectivity index (χ1) is 8.66. The lowest BCUT2D eigenvalue weighted by atomic mass is 9.76. The van der Waals surface area contributed by atoms with Crippen molar-refractivity contribution in [3.63, 3.8) is 0 Å². The van der Waals surface area contributed by atoms with Gasteiger partial charge in [-0.05, 0) is 62.1 Å². The maximum atomic E-state index is 10.8. The van der Waals surface area contributed by atoms with Gasteiger partial charge in [0, 0.05) is 0 Å². The summed E-state index contributed by atoms with van der Waals surface area (Å²) in [6.45, 7) is 2.27. The Morgan fingerprint density at radius 3 is 2.56 bits per heavy atom. The Balaban J connectivity index is 1.77. The fraction of sp³-hybridized carbons (Fsp3) is 0.625. The van der Waals surface area contributed by atoms with E-state index in [1.165, 1.54) is 12.8 Å². The molecule has 2 saturated carbocycles. The van der Waals surface area contributed by atoms with Gasteiger partial charge in [-0.1, -0.05) is 19.1 Å². The third-order valence-corrected chi connectivity index (χ3v) is 4.30. The summed E-state index contributed by atoms with van der Waals surface area (Å²) >= 11 is 0. The summed E-state index contributed by atoms with van der Waals surface area (Å²) in [5.41, 5.74) is 0.405. The number of benzene rings is 1. The average molecular weight is 246 g/mol. The standard InChI is InChI=1S/C16H22O2/c1-12-7-9-16(17,10-8-12)13-3-2-4-15(11-13)18-14-5-6-14/h2-4,11-12,14,17H,5-10H2,1H3. The molecule has 0 bridgehead atoms. The van der Waals surface area contributed by atoms with E-state index < -0.39 is 5.60 Å². The molecule has 2 nitrogen and oxygen atoms in total. The zero-order chi connectivity index (χ0) is 12.6. The summed E-state index contributed by atoms with van der Waals surface area (Å²) in [4.78, 5) is 0. The first kappa shape index (κ1) is 12.0. The van der Waals surface area contributed by atoms with Crippen molar-refractivity contribution in [2.24, 2.45) is 5.92 Å². The van der Waals surface area contributed by atoms with Crippen LogP contribution in [0.3, 0.4) is 0 Å². The number of rotatable bonds is 3. The molecule has 0 aromatic heterocycles. The van der Waals surface area contributed by atoms with Crippen molar-refractivity contribution in [2.75, 3.05) is 0 Å². The second-order valence-electron chi connectivity index (χ2n) is 6.06. The van der Waals surface area contributed by atoms with Crippen LogP contribution < -0.4 is 4.74 Å². The van der Waals surface area contributed by atoms with Crippen LogP contribution in [0.5, 0.6) is 5.75 Å². The maximum absolute atomic E-state index is 10.8. The summed E-state index contributed by atoms with van der Waals surface area (Å²) in [5.74, 6) is 1.67. The van der Waals surface area contributed by atoms with E-state index in [0.29, 0.717) is 6.10 Å². The molecule has 18 heavy (non-hydrogen) atoms. The van der Waals surface area contributed by atoms with E-state index in [-0.39, 0.29) is 0 Å². The van der Waals surface area contributed by atoms with E-state index in [1.54, 1.807) is 0 Å². The normalized spacial score (nSPS) is 32.2. The predicted molar refractivity (Wildman–Crippen MR) is 71.6 cm³/mol. The Kier molecular flexibility index (Phi) is 3.06. The molecule has 1 aromatic rings. The van der Waals surface area contributed by atoms with Gasteiger partial charge in [0.1, 0.15) is 5.75 Å². The molecule has 0 unspecified atom stereocenters. The van der Waals surface area contributed by atoms with Crippen LogP contribution in [0.25, 0.3) is 0 Å². The van der Waals surface area contributed by atoms with Crippen molar-refractivity contribution in [1.29, 1.82) is 0 Å². The Morgan fingerprint density at radius 2 is 1.89 bits per heavy atom. The van der Waals surface area contributed by atoms with Gasteiger partial charge in [-0.25, -0.2) is 0 Å². The Labute approximate surface area is 109 Å². The molecule has 98 valence electrons. The van der Waals surface area contributed by atoms with E-state index in [0.717, 1.165) is 42.9 Å². The number of hydrogen-bond donors (Lipinski definition) is 1. The maximum Gasteiger partial charge on any atom is 0.120 e. The van der Waals surface area contributed by atoms with Gasteiger partial charge in [0.25, 0.3) is 0 Å². The summed E-state index contributed by atoms with van der Waals surface area (Å²) in [7, 11) is 0. The summed E-state index contributed by atoms with van der Waals surface area (Å²) in [5, 5.41) is 10.8. The van der Waals surface area contributed by atoms with E-state index in [2.05, 4.69) is 6.92 Å². The predicted octanol–water partition coefficient (Wildman–Crippen LogP) is 3.63. The van der Waals surface area contributed by atoms with Crippen molar-refractivity contribution >= 4 is 0 Å². The molecule has 2 fully saturated rings. The van der Waals surface area contributed by atoms with Crippen molar-refractivity contribution < 1.29 is 9.84 Å². The topological polar surface area (TPSA) is 29.5 Å². The lowest BCUT2D eigenvalue weighted by Crippen LogP contribution is -2.30. The minimum absolute atomic E-state index is 0.418. The second-order valence-corrected chi connectivity index (χ2v) is 6.06. The molecule has 0 heterocycles. The van der Waals surface area contributed by atoms with Crippen molar-refractivity contribution in [1.82, 2.24) is 0 Å². The number of ether oxygens (including phenoxy) is 1.